The molecular weight excluding hydrogens is 509 g/mol. The second-order valence-corrected chi connectivity index (χ2v) is 9.63. The highest BCUT2D eigenvalue weighted by molar-refractivity contribution is 5.75. The lowest BCUT2D eigenvalue weighted by Crippen LogP contribution is -1.97. The van der Waals surface area contributed by atoms with Crippen molar-refractivity contribution in [1.29, 1.82) is 0 Å². The Bertz CT molecular complexity index is 1460. The Morgan fingerprint density at radius 2 is 1.45 bits per heavy atom. The molecule has 1 atom stereocenters. The fourth-order valence-corrected chi connectivity index (χ4v) is 4.43. The maximum atomic E-state index is 15.1. The number of rotatable bonds is 12. The number of aliphatic hydroxyl groups is 1. The molecule has 40 heavy (non-hydrogen) atoms. The Morgan fingerprint density at radius 3 is 2.02 bits per heavy atom. The summed E-state index contributed by atoms with van der Waals surface area (Å²) in [6.07, 6.45) is 7.82. The van der Waals surface area contributed by atoms with Crippen molar-refractivity contribution in [2.24, 2.45) is 0 Å². The SMILES string of the molecule is C=CCCCOc1ccc(/C=C/c2ccc(-c3ccc(-c4ccc(C(O)CCC)cc4)c(F)c3F)cc2)c(F)c1. The van der Waals surface area contributed by atoms with Crippen molar-refractivity contribution in [2.45, 2.75) is 38.7 Å². The lowest BCUT2D eigenvalue weighted by molar-refractivity contribution is 0.166. The Hall–Kier alpha value is -4.09. The van der Waals surface area contributed by atoms with E-state index in [0.29, 0.717) is 35.5 Å². The minimum Gasteiger partial charge on any atom is -0.493 e. The summed E-state index contributed by atoms with van der Waals surface area (Å²) >= 11 is 0. The topological polar surface area (TPSA) is 29.5 Å². The van der Waals surface area contributed by atoms with Crippen molar-refractivity contribution < 1.29 is 23.0 Å². The van der Waals surface area contributed by atoms with Gasteiger partial charge in [-0.05, 0) is 53.6 Å². The van der Waals surface area contributed by atoms with E-state index in [1.807, 2.05) is 13.0 Å². The number of hydrogen-bond acceptors (Lipinski definition) is 2. The molecule has 0 aliphatic heterocycles. The summed E-state index contributed by atoms with van der Waals surface area (Å²) in [5.74, 6) is -1.76. The summed E-state index contributed by atoms with van der Waals surface area (Å²) in [7, 11) is 0. The van der Waals surface area contributed by atoms with Crippen LogP contribution >= 0.6 is 0 Å². The standard InChI is InChI=1S/C35H33F3O2/c1-3-5-6-22-40-29-19-18-27(32(36)23-29)13-10-24-8-11-25(12-9-24)30-20-21-31(35(38)34(30)37)26-14-16-28(17-15-26)33(39)7-4-2/h3,8-21,23,33,39H,1,4-7,22H2,2H3/b13-10+. The van der Waals surface area contributed by atoms with E-state index >= 15 is 8.78 Å². The Kier molecular flexibility index (Phi) is 9.98. The molecule has 206 valence electrons. The van der Waals surface area contributed by atoms with E-state index in [-0.39, 0.29) is 11.1 Å². The predicted octanol–water partition coefficient (Wildman–Crippen LogP) is 9.79. The number of halogens is 3. The highest BCUT2D eigenvalue weighted by atomic mass is 19.2. The van der Waals surface area contributed by atoms with Crippen molar-refractivity contribution >= 4 is 12.2 Å². The van der Waals surface area contributed by atoms with Crippen LogP contribution in [-0.4, -0.2) is 11.7 Å². The molecule has 4 rings (SSSR count). The molecule has 0 spiro atoms. The third-order valence-corrected chi connectivity index (χ3v) is 6.72. The van der Waals surface area contributed by atoms with Gasteiger partial charge in [0.25, 0.3) is 0 Å². The van der Waals surface area contributed by atoms with E-state index in [4.69, 9.17) is 4.74 Å². The van der Waals surface area contributed by atoms with Crippen molar-refractivity contribution in [3.8, 4) is 28.0 Å². The average Bonchev–Trinajstić information content (AvgIpc) is 2.97. The van der Waals surface area contributed by atoms with Gasteiger partial charge in [0.2, 0.25) is 0 Å². The summed E-state index contributed by atoms with van der Waals surface area (Å²) in [5.41, 5.74) is 3.34. The summed E-state index contributed by atoms with van der Waals surface area (Å²) in [6.45, 7) is 6.16. The third kappa shape index (κ3) is 7.10. The predicted molar refractivity (Wildman–Crippen MR) is 157 cm³/mol. The fraction of sp³-hybridized carbons (Fsp3) is 0.200. The third-order valence-electron chi connectivity index (χ3n) is 6.72. The largest absolute Gasteiger partial charge is 0.493 e. The molecule has 0 saturated heterocycles. The molecule has 0 bridgehead atoms. The Morgan fingerprint density at radius 1 is 0.825 bits per heavy atom. The van der Waals surface area contributed by atoms with Gasteiger partial charge in [0.15, 0.2) is 11.6 Å². The van der Waals surface area contributed by atoms with Crippen molar-refractivity contribution in [1.82, 2.24) is 0 Å². The van der Waals surface area contributed by atoms with Crippen LogP contribution in [0.15, 0.2) is 91.5 Å². The molecule has 1 unspecified atom stereocenters. The van der Waals surface area contributed by atoms with Crippen LogP contribution in [0.2, 0.25) is 0 Å². The van der Waals surface area contributed by atoms with Crippen molar-refractivity contribution in [2.75, 3.05) is 6.61 Å². The summed E-state index contributed by atoms with van der Waals surface area (Å²) in [6, 6.07) is 21.7. The summed E-state index contributed by atoms with van der Waals surface area (Å²) in [5, 5.41) is 10.2. The number of aliphatic hydroxyl groups excluding tert-OH is 1. The van der Waals surface area contributed by atoms with Crippen LogP contribution in [0, 0.1) is 17.5 Å². The van der Waals surface area contributed by atoms with Gasteiger partial charge in [0.05, 0.1) is 12.7 Å². The zero-order valence-electron chi connectivity index (χ0n) is 22.5. The molecule has 0 amide bonds. The van der Waals surface area contributed by atoms with E-state index in [2.05, 4.69) is 6.58 Å². The molecule has 2 nitrogen and oxygen atoms in total. The molecule has 0 radical (unpaired) electrons. The zero-order chi connectivity index (χ0) is 28.5. The van der Waals surface area contributed by atoms with Crippen LogP contribution in [0.5, 0.6) is 5.75 Å². The Labute approximate surface area is 234 Å². The molecule has 0 aliphatic rings. The molecule has 0 aliphatic carbocycles. The molecule has 0 saturated carbocycles. The fourth-order valence-electron chi connectivity index (χ4n) is 4.43. The lowest BCUT2D eigenvalue weighted by atomic mass is 9.96. The van der Waals surface area contributed by atoms with Gasteiger partial charge in [-0.1, -0.05) is 92.2 Å². The smallest absolute Gasteiger partial charge is 0.167 e. The van der Waals surface area contributed by atoms with Gasteiger partial charge in [0.1, 0.15) is 11.6 Å². The van der Waals surface area contributed by atoms with E-state index in [1.165, 1.54) is 6.07 Å². The van der Waals surface area contributed by atoms with Crippen LogP contribution in [0.3, 0.4) is 0 Å². The van der Waals surface area contributed by atoms with E-state index in [9.17, 15) is 9.50 Å². The maximum Gasteiger partial charge on any atom is 0.167 e. The highest BCUT2D eigenvalue weighted by Gasteiger charge is 2.16. The van der Waals surface area contributed by atoms with Gasteiger partial charge < -0.3 is 9.84 Å². The molecular formula is C35H33F3O2. The number of hydrogen-bond donors (Lipinski definition) is 1. The van der Waals surface area contributed by atoms with E-state index in [0.717, 1.165) is 30.4 Å². The number of allylic oxidation sites excluding steroid dienone is 1. The second kappa shape index (κ2) is 13.8. The number of benzene rings is 4. The zero-order valence-corrected chi connectivity index (χ0v) is 22.5. The first kappa shape index (κ1) is 28.9. The van der Waals surface area contributed by atoms with E-state index in [1.54, 1.807) is 84.9 Å². The molecule has 4 aromatic rings. The molecule has 1 N–H and O–H groups in total. The van der Waals surface area contributed by atoms with Crippen LogP contribution in [-0.2, 0) is 0 Å². The minimum absolute atomic E-state index is 0.154. The molecule has 0 heterocycles. The van der Waals surface area contributed by atoms with E-state index < -0.39 is 23.6 Å². The molecule has 5 heteroatoms. The van der Waals surface area contributed by atoms with Gasteiger partial charge in [-0.25, -0.2) is 13.2 Å². The highest BCUT2D eigenvalue weighted by Crippen LogP contribution is 2.32. The van der Waals surface area contributed by atoms with Crippen LogP contribution in [0.1, 0.15) is 55.4 Å². The van der Waals surface area contributed by atoms with Gasteiger partial charge in [0, 0.05) is 22.8 Å². The monoisotopic (exact) mass is 542 g/mol. The first-order valence-corrected chi connectivity index (χ1v) is 13.5. The average molecular weight is 543 g/mol. The van der Waals surface area contributed by atoms with Crippen LogP contribution in [0.25, 0.3) is 34.4 Å². The number of ether oxygens (including phenoxy) is 1. The second-order valence-electron chi connectivity index (χ2n) is 9.63. The van der Waals surface area contributed by atoms with Crippen LogP contribution < -0.4 is 4.74 Å². The van der Waals surface area contributed by atoms with Gasteiger partial charge in [-0.2, -0.15) is 0 Å². The first-order chi connectivity index (χ1) is 19.4. The molecule has 4 aromatic carbocycles. The molecule has 0 aromatic heterocycles. The molecule has 0 fully saturated rings. The quantitative estimate of drug-likeness (QED) is 0.110. The summed E-state index contributed by atoms with van der Waals surface area (Å²) in [4.78, 5) is 0. The van der Waals surface area contributed by atoms with Gasteiger partial charge >= 0.3 is 0 Å². The van der Waals surface area contributed by atoms with Gasteiger partial charge in [-0.3, -0.25) is 0 Å². The minimum atomic E-state index is -0.926. The van der Waals surface area contributed by atoms with Crippen molar-refractivity contribution in [3.63, 3.8) is 0 Å². The first-order valence-electron chi connectivity index (χ1n) is 13.5. The van der Waals surface area contributed by atoms with Gasteiger partial charge in [-0.15, -0.1) is 6.58 Å². The number of unbranched alkanes of at least 4 members (excludes halogenated alkanes) is 1. The Balaban J connectivity index is 1.45. The van der Waals surface area contributed by atoms with Crippen LogP contribution in [0.4, 0.5) is 13.2 Å². The van der Waals surface area contributed by atoms with Crippen molar-refractivity contribution in [3.05, 3.63) is 126 Å². The maximum absolute atomic E-state index is 15.1. The summed E-state index contributed by atoms with van der Waals surface area (Å²) < 4.78 is 50.3. The lowest BCUT2D eigenvalue weighted by Gasteiger charge is -2.12. The normalized spacial score (nSPS) is 12.0.